The summed E-state index contributed by atoms with van der Waals surface area (Å²) in [4.78, 5) is 16.0. The lowest BCUT2D eigenvalue weighted by atomic mass is 9.79. The summed E-state index contributed by atoms with van der Waals surface area (Å²) < 4.78 is 72.8. The van der Waals surface area contributed by atoms with E-state index >= 15 is 0 Å². The Morgan fingerprint density at radius 1 is 1.12 bits per heavy atom. The van der Waals surface area contributed by atoms with Crippen LogP contribution in [0.15, 0.2) is 28.8 Å². The molecule has 1 fully saturated rings. The van der Waals surface area contributed by atoms with Crippen LogP contribution in [0.3, 0.4) is 0 Å². The highest BCUT2D eigenvalue weighted by Crippen LogP contribution is 2.40. The van der Waals surface area contributed by atoms with E-state index in [0.717, 1.165) is 13.1 Å². The first kappa shape index (κ1) is 23.3. The Balaban J connectivity index is 1.88. The molecule has 0 atom stereocenters. The van der Waals surface area contributed by atoms with Crippen molar-refractivity contribution in [3.63, 3.8) is 0 Å². The number of rotatable bonds is 3. The maximum atomic E-state index is 14.9. The number of amides is 1. The molecular formula is C22H21BF4N2O4. The van der Waals surface area contributed by atoms with Crippen LogP contribution in [-0.4, -0.2) is 29.2 Å². The standard InChI is InChI=1S/C22H21BF4N2O4/c1-10-9-29-17(16(24)15(10)22(25,26)27)18-14(19(28)30)12-7-6-11(8-13(12)31-18)23-32-20(2,3)21(4,5)33-23/h6-9H,1-5H3,(H2,28,30). The smallest absolute Gasteiger partial charge is 0.453 e. The normalized spacial score (nSPS) is 17.7. The summed E-state index contributed by atoms with van der Waals surface area (Å²) in [7, 11) is -0.754. The molecule has 2 N–H and O–H groups in total. The van der Waals surface area contributed by atoms with Crippen molar-refractivity contribution in [1.82, 2.24) is 4.98 Å². The molecule has 11 heteroatoms. The molecule has 0 bridgehead atoms. The van der Waals surface area contributed by atoms with Gasteiger partial charge in [-0.05, 0) is 51.7 Å². The number of hydrogen-bond acceptors (Lipinski definition) is 5. The van der Waals surface area contributed by atoms with Gasteiger partial charge in [0.25, 0.3) is 5.91 Å². The van der Waals surface area contributed by atoms with Gasteiger partial charge in [0.2, 0.25) is 0 Å². The number of carbonyl (C=O) groups is 1. The Labute approximate surface area is 187 Å². The molecule has 0 spiro atoms. The highest BCUT2D eigenvalue weighted by Gasteiger charge is 2.51. The number of benzene rings is 1. The van der Waals surface area contributed by atoms with E-state index in [9.17, 15) is 22.4 Å². The van der Waals surface area contributed by atoms with Crippen LogP contribution in [0.25, 0.3) is 22.4 Å². The number of halogens is 4. The van der Waals surface area contributed by atoms with E-state index in [-0.39, 0.29) is 16.5 Å². The first-order valence-corrected chi connectivity index (χ1v) is 10.1. The van der Waals surface area contributed by atoms with Crippen molar-refractivity contribution in [3.05, 3.63) is 46.9 Å². The average molecular weight is 464 g/mol. The topological polar surface area (TPSA) is 87.6 Å². The molecule has 1 amide bonds. The van der Waals surface area contributed by atoms with Crippen molar-refractivity contribution in [1.29, 1.82) is 0 Å². The summed E-state index contributed by atoms with van der Waals surface area (Å²) in [6, 6.07) is 4.64. The van der Waals surface area contributed by atoms with Crippen LogP contribution in [0.4, 0.5) is 17.6 Å². The molecule has 0 radical (unpaired) electrons. The van der Waals surface area contributed by atoms with Crippen molar-refractivity contribution < 1.29 is 36.1 Å². The fraction of sp³-hybridized carbons (Fsp3) is 0.364. The predicted octanol–water partition coefficient (Wildman–Crippen LogP) is 4.36. The summed E-state index contributed by atoms with van der Waals surface area (Å²) in [5, 5.41) is 0.202. The van der Waals surface area contributed by atoms with Crippen LogP contribution >= 0.6 is 0 Å². The quantitative estimate of drug-likeness (QED) is 0.460. The van der Waals surface area contributed by atoms with Crippen LogP contribution in [0.2, 0.25) is 0 Å². The monoisotopic (exact) mass is 464 g/mol. The number of furan rings is 1. The summed E-state index contributed by atoms with van der Waals surface area (Å²) >= 11 is 0. The van der Waals surface area contributed by atoms with Crippen molar-refractivity contribution in [3.8, 4) is 11.5 Å². The largest absolute Gasteiger partial charge is 0.494 e. The van der Waals surface area contributed by atoms with Crippen molar-refractivity contribution in [2.45, 2.75) is 52.0 Å². The molecule has 2 aromatic heterocycles. The SMILES string of the molecule is Cc1cnc(-c2oc3cc(B4OC(C)(C)C(C)(C)O4)ccc3c2C(N)=O)c(F)c1C(F)(F)F. The number of pyridine rings is 1. The molecule has 0 unspecified atom stereocenters. The lowest BCUT2D eigenvalue weighted by molar-refractivity contribution is -0.140. The molecule has 1 aliphatic heterocycles. The fourth-order valence-electron chi connectivity index (χ4n) is 3.73. The molecule has 1 aliphatic rings. The fourth-order valence-corrected chi connectivity index (χ4v) is 3.73. The predicted molar refractivity (Wildman–Crippen MR) is 113 cm³/mol. The summed E-state index contributed by atoms with van der Waals surface area (Å²) in [6.45, 7) is 8.61. The van der Waals surface area contributed by atoms with Gasteiger partial charge < -0.3 is 19.5 Å². The van der Waals surface area contributed by atoms with Gasteiger partial charge in [0.05, 0.1) is 22.3 Å². The van der Waals surface area contributed by atoms with Crippen LogP contribution in [-0.2, 0) is 15.5 Å². The number of alkyl halides is 3. The maximum absolute atomic E-state index is 14.9. The number of nitrogens with two attached hydrogens (primary N) is 1. The lowest BCUT2D eigenvalue weighted by Gasteiger charge is -2.32. The van der Waals surface area contributed by atoms with E-state index in [2.05, 4.69) is 4.98 Å². The average Bonchev–Trinajstić information content (AvgIpc) is 3.14. The highest BCUT2D eigenvalue weighted by molar-refractivity contribution is 6.62. The number of primary amides is 1. The third-order valence-electron chi connectivity index (χ3n) is 6.19. The molecule has 174 valence electrons. The van der Waals surface area contributed by atoms with E-state index in [4.69, 9.17) is 19.5 Å². The molecule has 0 saturated carbocycles. The molecule has 3 heterocycles. The van der Waals surface area contributed by atoms with Gasteiger partial charge in [0.15, 0.2) is 11.6 Å². The Bertz CT molecular complexity index is 1270. The minimum Gasteiger partial charge on any atom is -0.453 e. The first-order valence-electron chi connectivity index (χ1n) is 10.1. The van der Waals surface area contributed by atoms with E-state index < -0.39 is 58.8 Å². The molecule has 3 aromatic rings. The van der Waals surface area contributed by atoms with Gasteiger partial charge in [-0.3, -0.25) is 4.79 Å². The third-order valence-corrected chi connectivity index (χ3v) is 6.19. The van der Waals surface area contributed by atoms with Crippen LogP contribution < -0.4 is 11.2 Å². The Morgan fingerprint density at radius 3 is 2.27 bits per heavy atom. The van der Waals surface area contributed by atoms with Crippen LogP contribution in [0.5, 0.6) is 0 Å². The summed E-state index contributed by atoms with van der Waals surface area (Å²) in [5.74, 6) is -3.12. The number of aryl methyl sites for hydroxylation is 1. The highest BCUT2D eigenvalue weighted by atomic mass is 19.4. The van der Waals surface area contributed by atoms with Crippen molar-refractivity contribution in [2.75, 3.05) is 0 Å². The summed E-state index contributed by atoms with van der Waals surface area (Å²) in [5.41, 5.74) is 2.00. The van der Waals surface area contributed by atoms with Gasteiger partial charge in [-0.15, -0.1) is 0 Å². The van der Waals surface area contributed by atoms with Crippen LogP contribution in [0, 0.1) is 12.7 Å². The zero-order valence-corrected chi connectivity index (χ0v) is 18.6. The Morgan fingerprint density at radius 2 is 1.73 bits per heavy atom. The number of aromatic nitrogens is 1. The van der Waals surface area contributed by atoms with Gasteiger partial charge >= 0.3 is 13.3 Å². The zero-order valence-electron chi connectivity index (χ0n) is 18.6. The zero-order chi connectivity index (χ0) is 24.5. The summed E-state index contributed by atoms with van der Waals surface area (Å²) in [6.07, 6.45) is -4.09. The Hall–Kier alpha value is -2.92. The second kappa shape index (κ2) is 7.29. The molecule has 33 heavy (non-hydrogen) atoms. The van der Waals surface area contributed by atoms with Crippen molar-refractivity contribution >= 4 is 29.5 Å². The number of carbonyl (C=O) groups excluding carboxylic acids is 1. The van der Waals surface area contributed by atoms with Gasteiger partial charge in [-0.2, -0.15) is 13.2 Å². The second-order valence-electron chi connectivity index (χ2n) is 8.99. The van der Waals surface area contributed by atoms with Crippen LogP contribution in [0.1, 0.15) is 49.2 Å². The van der Waals surface area contributed by atoms with Gasteiger partial charge in [0, 0.05) is 11.6 Å². The number of hydrogen-bond donors (Lipinski definition) is 1. The van der Waals surface area contributed by atoms with Gasteiger partial charge in [-0.25, -0.2) is 9.37 Å². The Kier molecular flexibility index (Phi) is 5.14. The number of nitrogens with zero attached hydrogens (tertiary/aromatic N) is 1. The third kappa shape index (κ3) is 3.69. The molecule has 6 nitrogen and oxygen atoms in total. The van der Waals surface area contributed by atoms with Gasteiger partial charge in [-0.1, -0.05) is 12.1 Å². The minimum absolute atomic E-state index is 0.0985. The van der Waals surface area contributed by atoms with E-state index in [0.29, 0.717) is 5.46 Å². The van der Waals surface area contributed by atoms with Gasteiger partial charge in [0.1, 0.15) is 11.3 Å². The van der Waals surface area contributed by atoms with E-state index in [1.807, 2.05) is 27.7 Å². The lowest BCUT2D eigenvalue weighted by Crippen LogP contribution is -2.41. The van der Waals surface area contributed by atoms with E-state index in [1.54, 1.807) is 6.07 Å². The molecule has 1 saturated heterocycles. The minimum atomic E-state index is -4.96. The maximum Gasteiger partial charge on any atom is 0.494 e. The molecule has 0 aliphatic carbocycles. The molecule has 1 aromatic carbocycles. The second-order valence-corrected chi connectivity index (χ2v) is 8.99. The first-order chi connectivity index (χ1) is 15.1. The molecule has 4 rings (SSSR count). The van der Waals surface area contributed by atoms with Crippen molar-refractivity contribution in [2.24, 2.45) is 5.73 Å². The number of fused-ring (bicyclic) bond motifs is 1. The van der Waals surface area contributed by atoms with E-state index in [1.165, 1.54) is 12.1 Å². The molecular weight excluding hydrogens is 443 g/mol.